The summed E-state index contributed by atoms with van der Waals surface area (Å²) in [4.78, 5) is 0. The fourth-order valence-corrected chi connectivity index (χ4v) is 3.16. The first-order valence-electron chi connectivity index (χ1n) is 8.80. The van der Waals surface area contributed by atoms with Crippen LogP contribution in [0.3, 0.4) is 0 Å². The van der Waals surface area contributed by atoms with Crippen molar-refractivity contribution in [2.24, 2.45) is 0 Å². The van der Waals surface area contributed by atoms with Crippen LogP contribution >= 0.6 is 0 Å². The smallest absolute Gasteiger partial charge is 0.124 e. The number of nitrogens with one attached hydrogen (secondary N) is 1. The SMILES string of the molecule is COc1ccc(OC)c([C@H](N[C@H](C)c2ccccc2)c2ccccc2)c1. The van der Waals surface area contributed by atoms with E-state index in [9.17, 15) is 0 Å². The molecule has 2 atom stereocenters. The summed E-state index contributed by atoms with van der Waals surface area (Å²) in [7, 11) is 3.39. The predicted molar refractivity (Wildman–Crippen MR) is 106 cm³/mol. The van der Waals surface area contributed by atoms with Gasteiger partial charge in [-0.3, -0.25) is 5.32 Å². The number of hydrogen-bond acceptors (Lipinski definition) is 3. The normalized spacial score (nSPS) is 13.0. The van der Waals surface area contributed by atoms with Crippen LogP contribution in [0.4, 0.5) is 0 Å². The minimum absolute atomic E-state index is 0.0172. The average molecular weight is 347 g/mol. The molecule has 3 heteroatoms. The first-order chi connectivity index (χ1) is 12.7. The largest absolute Gasteiger partial charge is 0.497 e. The van der Waals surface area contributed by atoms with E-state index in [1.807, 2.05) is 30.3 Å². The van der Waals surface area contributed by atoms with Gasteiger partial charge in [-0.05, 0) is 36.2 Å². The molecule has 3 rings (SSSR count). The van der Waals surface area contributed by atoms with E-state index >= 15 is 0 Å². The predicted octanol–water partition coefficient (Wildman–Crippen LogP) is 5.14. The minimum atomic E-state index is -0.0172. The summed E-state index contributed by atoms with van der Waals surface area (Å²) >= 11 is 0. The van der Waals surface area contributed by atoms with Crippen LogP contribution in [0.25, 0.3) is 0 Å². The van der Waals surface area contributed by atoms with Gasteiger partial charge in [0.25, 0.3) is 0 Å². The van der Waals surface area contributed by atoms with Gasteiger partial charge in [0.2, 0.25) is 0 Å². The summed E-state index contributed by atoms with van der Waals surface area (Å²) in [5.74, 6) is 1.66. The highest BCUT2D eigenvalue weighted by atomic mass is 16.5. The zero-order valence-electron chi connectivity index (χ0n) is 15.5. The van der Waals surface area contributed by atoms with Gasteiger partial charge in [0.15, 0.2) is 0 Å². The van der Waals surface area contributed by atoms with Crippen molar-refractivity contribution in [2.45, 2.75) is 19.0 Å². The van der Waals surface area contributed by atoms with Gasteiger partial charge in [0.05, 0.1) is 20.3 Å². The lowest BCUT2D eigenvalue weighted by atomic mass is 9.95. The van der Waals surface area contributed by atoms with E-state index in [0.717, 1.165) is 17.1 Å². The first-order valence-corrected chi connectivity index (χ1v) is 8.80. The Balaban J connectivity index is 2.02. The molecule has 3 nitrogen and oxygen atoms in total. The van der Waals surface area contributed by atoms with Crippen molar-refractivity contribution in [1.29, 1.82) is 0 Å². The van der Waals surface area contributed by atoms with Gasteiger partial charge in [0.1, 0.15) is 11.5 Å². The van der Waals surface area contributed by atoms with Crippen molar-refractivity contribution in [3.63, 3.8) is 0 Å². The Bertz CT molecular complexity index is 818. The first kappa shape index (κ1) is 18.0. The molecule has 0 saturated heterocycles. The molecule has 0 bridgehead atoms. The Morgan fingerprint density at radius 3 is 1.92 bits per heavy atom. The maximum Gasteiger partial charge on any atom is 0.124 e. The zero-order valence-corrected chi connectivity index (χ0v) is 15.5. The Morgan fingerprint density at radius 2 is 1.35 bits per heavy atom. The van der Waals surface area contributed by atoms with Crippen LogP contribution in [0.2, 0.25) is 0 Å². The third-order valence-electron chi connectivity index (χ3n) is 4.60. The number of hydrogen-bond donors (Lipinski definition) is 1. The topological polar surface area (TPSA) is 30.5 Å². The van der Waals surface area contributed by atoms with Crippen molar-refractivity contribution >= 4 is 0 Å². The van der Waals surface area contributed by atoms with Crippen molar-refractivity contribution in [3.8, 4) is 11.5 Å². The molecular formula is C23H25NO2. The quantitative estimate of drug-likeness (QED) is 0.641. The Kier molecular flexibility index (Phi) is 5.92. The number of ether oxygens (including phenoxy) is 2. The molecule has 3 aromatic rings. The molecule has 3 aromatic carbocycles. The molecule has 0 saturated carbocycles. The number of rotatable bonds is 7. The zero-order chi connectivity index (χ0) is 18.4. The van der Waals surface area contributed by atoms with Gasteiger partial charge >= 0.3 is 0 Å². The standard InChI is InChI=1S/C23H25NO2/c1-17(18-10-6-4-7-11-18)24-23(19-12-8-5-9-13-19)21-16-20(25-2)14-15-22(21)26-3/h4-17,23-24H,1-3H3/t17-,23-/m1/s1. The van der Waals surface area contributed by atoms with E-state index in [1.165, 1.54) is 11.1 Å². The molecule has 0 aliphatic rings. The fourth-order valence-electron chi connectivity index (χ4n) is 3.16. The monoisotopic (exact) mass is 347 g/mol. The summed E-state index contributed by atoms with van der Waals surface area (Å²) in [6, 6.07) is 27.0. The Hall–Kier alpha value is -2.78. The van der Waals surface area contributed by atoms with Crippen LogP contribution in [0.5, 0.6) is 11.5 Å². The van der Waals surface area contributed by atoms with Crippen molar-refractivity contribution in [3.05, 3.63) is 95.6 Å². The molecule has 0 radical (unpaired) electrons. The molecule has 0 fully saturated rings. The van der Waals surface area contributed by atoms with Gasteiger partial charge in [-0.25, -0.2) is 0 Å². The highest BCUT2D eigenvalue weighted by molar-refractivity contribution is 5.46. The van der Waals surface area contributed by atoms with Crippen LogP contribution in [0.1, 0.15) is 35.7 Å². The van der Waals surface area contributed by atoms with E-state index in [0.29, 0.717) is 0 Å². The summed E-state index contributed by atoms with van der Waals surface area (Å²) in [6.45, 7) is 2.18. The molecule has 0 amide bonds. The van der Waals surface area contributed by atoms with Crippen molar-refractivity contribution in [2.75, 3.05) is 14.2 Å². The second kappa shape index (κ2) is 8.54. The molecule has 0 unspecified atom stereocenters. The maximum absolute atomic E-state index is 5.64. The third kappa shape index (κ3) is 4.06. The van der Waals surface area contributed by atoms with Crippen molar-refractivity contribution in [1.82, 2.24) is 5.32 Å². The molecule has 0 heterocycles. The molecule has 26 heavy (non-hydrogen) atoms. The van der Waals surface area contributed by atoms with E-state index in [-0.39, 0.29) is 12.1 Å². The molecule has 1 N–H and O–H groups in total. The Morgan fingerprint density at radius 1 is 0.731 bits per heavy atom. The molecule has 0 aromatic heterocycles. The van der Waals surface area contributed by atoms with Gasteiger partial charge in [-0.15, -0.1) is 0 Å². The van der Waals surface area contributed by atoms with Gasteiger partial charge in [-0.2, -0.15) is 0 Å². The van der Waals surface area contributed by atoms with E-state index in [2.05, 4.69) is 60.8 Å². The van der Waals surface area contributed by atoms with E-state index in [1.54, 1.807) is 14.2 Å². The summed E-state index contributed by atoms with van der Waals surface area (Å²) in [5.41, 5.74) is 3.48. The summed E-state index contributed by atoms with van der Waals surface area (Å²) in [5, 5.41) is 3.76. The fraction of sp³-hybridized carbons (Fsp3) is 0.217. The van der Waals surface area contributed by atoms with Crippen LogP contribution < -0.4 is 14.8 Å². The maximum atomic E-state index is 5.64. The molecule has 0 aliphatic heterocycles. The van der Waals surface area contributed by atoms with Gasteiger partial charge in [-0.1, -0.05) is 60.7 Å². The van der Waals surface area contributed by atoms with E-state index in [4.69, 9.17) is 9.47 Å². The second-order valence-corrected chi connectivity index (χ2v) is 6.25. The highest BCUT2D eigenvalue weighted by Gasteiger charge is 2.21. The molecule has 0 aliphatic carbocycles. The van der Waals surface area contributed by atoms with Gasteiger partial charge in [0, 0.05) is 11.6 Å². The van der Waals surface area contributed by atoms with Crippen LogP contribution in [-0.2, 0) is 0 Å². The van der Waals surface area contributed by atoms with Crippen LogP contribution in [-0.4, -0.2) is 14.2 Å². The summed E-state index contributed by atoms with van der Waals surface area (Å²) in [6.07, 6.45) is 0. The lowest BCUT2D eigenvalue weighted by Gasteiger charge is -2.26. The van der Waals surface area contributed by atoms with Crippen LogP contribution in [0, 0.1) is 0 Å². The van der Waals surface area contributed by atoms with Crippen LogP contribution in [0.15, 0.2) is 78.9 Å². The lowest BCUT2D eigenvalue weighted by Crippen LogP contribution is -2.26. The minimum Gasteiger partial charge on any atom is -0.497 e. The average Bonchev–Trinajstić information content (AvgIpc) is 2.72. The molecule has 134 valence electrons. The Labute approximate surface area is 155 Å². The number of benzene rings is 3. The second-order valence-electron chi connectivity index (χ2n) is 6.25. The van der Waals surface area contributed by atoms with E-state index < -0.39 is 0 Å². The lowest BCUT2D eigenvalue weighted by molar-refractivity contribution is 0.390. The summed E-state index contributed by atoms with van der Waals surface area (Å²) < 4.78 is 11.1. The van der Waals surface area contributed by atoms with Gasteiger partial charge < -0.3 is 9.47 Å². The van der Waals surface area contributed by atoms with Crippen molar-refractivity contribution < 1.29 is 9.47 Å². The highest BCUT2D eigenvalue weighted by Crippen LogP contribution is 2.34. The molecular weight excluding hydrogens is 322 g/mol. The number of methoxy groups -OCH3 is 2. The third-order valence-corrected chi connectivity index (χ3v) is 4.60. The molecule has 0 spiro atoms.